The van der Waals surface area contributed by atoms with Gasteiger partial charge in [-0.2, -0.15) is 8.78 Å². The van der Waals surface area contributed by atoms with Crippen LogP contribution in [-0.2, 0) is 11.2 Å². The monoisotopic (exact) mass is 291 g/mol. The summed E-state index contributed by atoms with van der Waals surface area (Å²) in [4.78, 5) is 0. The number of nitrogens with one attached hydrogen (secondary N) is 1. The number of halogens is 3. The van der Waals surface area contributed by atoms with E-state index in [2.05, 4.69) is 26.0 Å². The molecule has 0 fully saturated rings. The van der Waals surface area contributed by atoms with Gasteiger partial charge in [0.1, 0.15) is 0 Å². The molecule has 1 aromatic rings. The predicted octanol–water partition coefficient (Wildman–Crippen LogP) is 2.87. The Labute approximate surface area is 101 Å². The highest BCUT2D eigenvalue weighted by Gasteiger charge is 2.33. The maximum Gasteiger partial charge on any atom is 0.345 e. The van der Waals surface area contributed by atoms with E-state index in [4.69, 9.17) is 0 Å². The molecule has 0 heterocycles. The Kier molecular flexibility index (Phi) is 3.56. The third-order valence-electron chi connectivity index (χ3n) is 2.82. The predicted molar refractivity (Wildman–Crippen MR) is 60.5 cm³/mol. The van der Waals surface area contributed by atoms with Crippen molar-refractivity contribution in [2.24, 2.45) is 0 Å². The smallest absolute Gasteiger partial charge is 0.317 e. The van der Waals surface area contributed by atoms with Gasteiger partial charge in [-0.3, -0.25) is 0 Å². The molecule has 1 aromatic carbocycles. The molecule has 2 nitrogen and oxygen atoms in total. The Bertz CT molecular complexity index is 386. The summed E-state index contributed by atoms with van der Waals surface area (Å²) in [5.41, 5.74) is 2.09. The number of hydrogen-bond donors (Lipinski definition) is 1. The minimum absolute atomic E-state index is 0.155. The minimum atomic E-state index is -2.72. The molecule has 88 valence electrons. The molecular formula is C11H12BrF2NO. The topological polar surface area (TPSA) is 21.3 Å². The number of ether oxygens (including phenoxy) is 1. The van der Waals surface area contributed by atoms with E-state index in [9.17, 15) is 8.78 Å². The first-order chi connectivity index (χ1) is 7.61. The molecule has 1 aliphatic carbocycles. The highest BCUT2D eigenvalue weighted by molar-refractivity contribution is 9.10. The van der Waals surface area contributed by atoms with Gasteiger partial charge in [0.25, 0.3) is 0 Å². The molecule has 16 heavy (non-hydrogen) atoms. The molecule has 1 N–H and O–H groups in total. The van der Waals surface area contributed by atoms with Crippen molar-refractivity contribution in [3.63, 3.8) is 0 Å². The maximum absolute atomic E-state index is 12.2. The number of alkyl halides is 2. The average Bonchev–Trinajstić information content (AvgIpc) is 2.52. The molecule has 1 aliphatic rings. The van der Waals surface area contributed by atoms with E-state index < -0.39 is 12.7 Å². The molecule has 5 heteroatoms. The van der Waals surface area contributed by atoms with Crippen LogP contribution in [0, 0.1) is 0 Å². The molecule has 0 unspecified atom stereocenters. The van der Waals surface area contributed by atoms with Crippen LogP contribution in [0.5, 0.6) is 0 Å². The number of rotatable bonds is 3. The van der Waals surface area contributed by atoms with Gasteiger partial charge in [-0.25, -0.2) is 0 Å². The molecule has 0 aliphatic heterocycles. The lowest BCUT2D eigenvalue weighted by atomic mass is 10.1. The Morgan fingerprint density at radius 3 is 2.88 bits per heavy atom. The van der Waals surface area contributed by atoms with Crippen LogP contribution in [0.15, 0.2) is 22.7 Å². The van der Waals surface area contributed by atoms with Crippen molar-refractivity contribution in [1.29, 1.82) is 0 Å². The van der Waals surface area contributed by atoms with E-state index in [-0.39, 0.29) is 6.04 Å². The first kappa shape index (κ1) is 12.0. The van der Waals surface area contributed by atoms with Gasteiger partial charge in [0.2, 0.25) is 0 Å². The van der Waals surface area contributed by atoms with Crippen molar-refractivity contribution >= 4 is 15.9 Å². The van der Waals surface area contributed by atoms with Crippen molar-refractivity contribution in [1.82, 2.24) is 5.32 Å². The molecule has 2 rings (SSSR count). The zero-order valence-corrected chi connectivity index (χ0v) is 10.3. The van der Waals surface area contributed by atoms with E-state index in [1.165, 1.54) is 0 Å². The second-order valence-corrected chi connectivity index (χ2v) is 4.66. The third kappa shape index (κ3) is 2.26. The molecule has 0 radical (unpaired) electrons. The van der Waals surface area contributed by atoms with Crippen LogP contribution in [-0.4, -0.2) is 19.8 Å². The van der Waals surface area contributed by atoms with Gasteiger partial charge in [-0.15, -0.1) is 0 Å². The molecule has 0 saturated carbocycles. The van der Waals surface area contributed by atoms with Gasteiger partial charge >= 0.3 is 6.61 Å². The van der Waals surface area contributed by atoms with Crippen LogP contribution >= 0.6 is 15.9 Å². The molecule has 0 spiro atoms. The highest BCUT2D eigenvalue weighted by Crippen LogP contribution is 2.35. The maximum atomic E-state index is 12.2. The first-order valence-electron chi connectivity index (χ1n) is 5.01. The van der Waals surface area contributed by atoms with Gasteiger partial charge in [0.15, 0.2) is 0 Å². The van der Waals surface area contributed by atoms with E-state index in [1.807, 2.05) is 18.2 Å². The summed E-state index contributed by atoms with van der Waals surface area (Å²) in [6.45, 7) is -2.72. The average molecular weight is 292 g/mol. The number of likely N-dealkylation sites (N-methyl/N-ethyl adjacent to an activating group) is 1. The van der Waals surface area contributed by atoms with Crippen LogP contribution in [0.25, 0.3) is 0 Å². The van der Waals surface area contributed by atoms with Crippen LogP contribution < -0.4 is 5.32 Å². The Hall–Kier alpha value is -0.520. The molecule has 0 bridgehead atoms. The summed E-state index contributed by atoms with van der Waals surface area (Å²) < 4.78 is 30.1. The lowest BCUT2D eigenvalue weighted by Gasteiger charge is -2.19. The number of hydrogen-bond acceptors (Lipinski definition) is 2. The fourth-order valence-electron chi connectivity index (χ4n) is 2.19. The Balaban J connectivity index is 2.25. The summed E-state index contributed by atoms with van der Waals surface area (Å²) in [6.07, 6.45) is 0.0271. The summed E-state index contributed by atoms with van der Waals surface area (Å²) >= 11 is 3.37. The lowest BCUT2D eigenvalue weighted by Crippen LogP contribution is -2.29. The quantitative estimate of drug-likeness (QED) is 0.925. The van der Waals surface area contributed by atoms with Gasteiger partial charge in [0.05, 0.1) is 12.1 Å². The summed E-state index contributed by atoms with van der Waals surface area (Å²) in [7, 11) is 1.75. The van der Waals surface area contributed by atoms with Gasteiger partial charge in [0, 0.05) is 10.9 Å². The van der Waals surface area contributed by atoms with Crippen molar-refractivity contribution in [3.05, 3.63) is 33.8 Å². The fraction of sp³-hybridized carbons (Fsp3) is 0.455. The number of fused-ring (bicyclic) bond motifs is 1. The Morgan fingerprint density at radius 2 is 2.25 bits per heavy atom. The summed E-state index contributed by atoms with van der Waals surface area (Å²) in [5, 5.41) is 3.02. The van der Waals surface area contributed by atoms with Gasteiger partial charge in [-0.1, -0.05) is 22.0 Å². The molecule has 0 aromatic heterocycles. The SMILES string of the molecule is CN[C@H]1c2ccc(Br)cc2C[C@H]1OC(F)F. The van der Waals surface area contributed by atoms with Crippen LogP contribution in [0.1, 0.15) is 17.2 Å². The Morgan fingerprint density at radius 1 is 1.50 bits per heavy atom. The third-order valence-corrected chi connectivity index (χ3v) is 3.31. The second-order valence-electron chi connectivity index (χ2n) is 3.75. The van der Waals surface area contributed by atoms with E-state index in [1.54, 1.807) is 7.05 Å². The van der Waals surface area contributed by atoms with E-state index in [0.717, 1.165) is 15.6 Å². The molecular weight excluding hydrogens is 280 g/mol. The van der Waals surface area contributed by atoms with Crippen molar-refractivity contribution in [2.75, 3.05) is 7.05 Å². The van der Waals surface area contributed by atoms with Crippen molar-refractivity contribution in [2.45, 2.75) is 25.2 Å². The zero-order valence-electron chi connectivity index (χ0n) is 8.71. The standard InChI is InChI=1S/C11H12BrF2NO/c1-15-10-8-3-2-7(12)4-6(8)5-9(10)16-11(13)14/h2-4,9-11,15H,5H2,1H3/t9-,10+/m1/s1. The van der Waals surface area contributed by atoms with Crippen molar-refractivity contribution < 1.29 is 13.5 Å². The normalized spacial score (nSPS) is 23.8. The number of benzene rings is 1. The highest BCUT2D eigenvalue weighted by atomic mass is 79.9. The zero-order chi connectivity index (χ0) is 11.7. The minimum Gasteiger partial charge on any atom is -0.317 e. The largest absolute Gasteiger partial charge is 0.345 e. The van der Waals surface area contributed by atoms with Crippen molar-refractivity contribution in [3.8, 4) is 0 Å². The second kappa shape index (κ2) is 4.77. The van der Waals surface area contributed by atoms with Crippen LogP contribution in [0.2, 0.25) is 0 Å². The fourth-order valence-corrected chi connectivity index (χ4v) is 2.60. The van der Waals surface area contributed by atoms with E-state index >= 15 is 0 Å². The van der Waals surface area contributed by atoms with Gasteiger partial charge < -0.3 is 10.1 Å². The first-order valence-corrected chi connectivity index (χ1v) is 5.80. The van der Waals surface area contributed by atoms with E-state index in [0.29, 0.717) is 6.42 Å². The summed E-state index contributed by atoms with van der Waals surface area (Å²) in [6, 6.07) is 5.65. The van der Waals surface area contributed by atoms with Crippen LogP contribution in [0.4, 0.5) is 8.78 Å². The van der Waals surface area contributed by atoms with Crippen LogP contribution in [0.3, 0.4) is 0 Å². The van der Waals surface area contributed by atoms with Gasteiger partial charge in [-0.05, 0) is 30.3 Å². The molecule has 0 saturated heterocycles. The molecule has 2 atom stereocenters. The summed E-state index contributed by atoms with van der Waals surface area (Å²) in [5.74, 6) is 0. The molecule has 0 amide bonds. The lowest BCUT2D eigenvalue weighted by molar-refractivity contribution is -0.167.